The van der Waals surface area contributed by atoms with Gasteiger partial charge in [-0.1, -0.05) is 25.0 Å². The maximum absolute atomic E-state index is 12.3. The van der Waals surface area contributed by atoms with Gasteiger partial charge in [0.25, 0.3) is 30.4 Å². The highest BCUT2D eigenvalue weighted by Gasteiger charge is 2.45. The Morgan fingerprint density at radius 2 is 1.40 bits per heavy atom. The van der Waals surface area contributed by atoms with Crippen molar-refractivity contribution >= 4 is 59.1 Å². The van der Waals surface area contributed by atoms with E-state index in [0.29, 0.717) is 78.0 Å². The fourth-order valence-electron chi connectivity index (χ4n) is 7.21. The molecule has 0 fully saturated rings. The van der Waals surface area contributed by atoms with Crippen LogP contribution in [0.5, 0.6) is 11.8 Å². The number of nitrogens with zero attached hydrogens (tertiary/aromatic N) is 3. The highest BCUT2D eigenvalue weighted by molar-refractivity contribution is 7.86. The van der Waals surface area contributed by atoms with Crippen molar-refractivity contribution in [3.05, 3.63) is 84.0 Å². The number of hydrogen-bond donors (Lipinski definition) is 5. The normalized spacial score (nSPS) is 18.0. The standard InChI is InChI=1S/C38H45N3O13S3/c1-37(2)29-25-27(57(51,52)53)16-18-31(29)40(22-10-11-23-55(45,46)47)33(37)13-7-4-6-12-32-38(3,28-24-26(56(48,49)50)15-17-30(28)39-32)21-9-5-8-14-36(44)54-41-34(42)19-20-35(41)43/h6-7,12-13,15-20,24-25H,4-5,8-11,14,21-23H2,1-3H3,(H4-,42,43,45,46,47,48,49,50,51,52,53)/p+1. The number of allylic oxidation sites excluding steroid dienone is 4. The first-order valence-electron chi connectivity index (χ1n) is 18.1. The minimum atomic E-state index is -4.50. The van der Waals surface area contributed by atoms with Gasteiger partial charge in [-0.05, 0) is 88.4 Å². The molecular formula is C38H46N3O13S3+. The fourth-order valence-corrected chi connectivity index (χ4v) is 8.79. The van der Waals surface area contributed by atoms with Crippen molar-refractivity contribution < 1.29 is 63.3 Å². The van der Waals surface area contributed by atoms with Crippen molar-refractivity contribution in [3.8, 4) is 11.8 Å². The Morgan fingerprint density at radius 1 is 0.789 bits per heavy atom. The highest BCUT2D eigenvalue weighted by Crippen LogP contribution is 2.45. The van der Waals surface area contributed by atoms with E-state index in [0.717, 1.165) is 5.71 Å². The Bertz CT molecular complexity index is 2500. The third-order valence-electron chi connectivity index (χ3n) is 10.2. The minimum Gasteiger partial charge on any atom is -0.492 e. The molecule has 2 aliphatic rings. The molecule has 3 aromatic rings. The average molecular weight is 849 g/mol. The SMILES string of the molecule is CC1(C)C(C=CCC=CC2=Nc3ccc(S(=O)(=O)O)cc3C2(C)CCCCCC(=O)On2c(O)ccc2O)=[N+](CCCCS(=O)(=O)O)c2ccc(S(=O)(=O)O)cc21. The largest absolute Gasteiger partial charge is 0.492 e. The number of carbonyl (C=O) groups is 1. The lowest BCUT2D eigenvalue weighted by atomic mass is 9.75. The maximum atomic E-state index is 12.3. The van der Waals surface area contributed by atoms with E-state index in [1.165, 1.54) is 42.5 Å². The lowest BCUT2D eigenvalue weighted by molar-refractivity contribution is -0.438. The van der Waals surface area contributed by atoms with Crippen LogP contribution in [-0.2, 0) is 46.0 Å². The second-order valence-electron chi connectivity index (χ2n) is 14.7. The van der Waals surface area contributed by atoms with Crippen LogP contribution in [0.25, 0.3) is 0 Å². The second kappa shape index (κ2) is 16.7. The minimum absolute atomic E-state index is 0.00897. The Kier molecular flexibility index (Phi) is 12.7. The van der Waals surface area contributed by atoms with E-state index in [9.17, 15) is 53.9 Å². The van der Waals surface area contributed by atoms with Crippen molar-refractivity contribution in [1.29, 1.82) is 0 Å². The van der Waals surface area contributed by atoms with Crippen LogP contribution in [0.15, 0.2) is 87.6 Å². The number of hydrogen-bond acceptors (Lipinski definition) is 11. The number of benzene rings is 2. The zero-order valence-corrected chi connectivity index (χ0v) is 34.0. The predicted octanol–water partition coefficient (Wildman–Crippen LogP) is 5.59. The van der Waals surface area contributed by atoms with E-state index in [4.69, 9.17) is 9.83 Å². The topological polar surface area (TPSA) is 250 Å². The Balaban J connectivity index is 1.32. The molecule has 19 heteroatoms. The quantitative estimate of drug-likeness (QED) is 0.0596. The number of aromatic hydroxyl groups is 2. The predicted molar refractivity (Wildman–Crippen MR) is 211 cm³/mol. The summed E-state index contributed by atoms with van der Waals surface area (Å²) in [5, 5.41) is 19.4. The molecule has 57 heavy (non-hydrogen) atoms. The van der Waals surface area contributed by atoms with Crippen molar-refractivity contribution in [2.75, 3.05) is 12.3 Å². The van der Waals surface area contributed by atoms with E-state index in [2.05, 4.69) is 0 Å². The highest BCUT2D eigenvalue weighted by atomic mass is 32.2. The molecular weight excluding hydrogens is 803 g/mol. The smallest absolute Gasteiger partial charge is 0.333 e. The van der Waals surface area contributed by atoms with Crippen LogP contribution in [-0.4, -0.2) is 88.1 Å². The van der Waals surface area contributed by atoms with Gasteiger partial charge >= 0.3 is 5.97 Å². The summed E-state index contributed by atoms with van der Waals surface area (Å²) in [6.45, 7) is 6.11. The molecule has 0 amide bonds. The molecule has 1 aromatic heterocycles. The first-order chi connectivity index (χ1) is 26.5. The average Bonchev–Trinajstić information content (AvgIpc) is 3.66. The van der Waals surface area contributed by atoms with E-state index in [1.807, 2.05) is 49.7 Å². The summed E-state index contributed by atoms with van der Waals surface area (Å²) in [5.74, 6) is -1.91. The molecule has 0 aliphatic carbocycles. The Morgan fingerprint density at radius 3 is 2.04 bits per heavy atom. The zero-order valence-electron chi connectivity index (χ0n) is 31.6. The third-order valence-corrected chi connectivity index (χ3v) is 12.7. The van der Waals surface area contributed by atoms with Crippen LogP contribution in [0.4, 0.5) is 11.4 Å². The van der Waals surface area contributed by atoms with E-state index < -0.39 is 64.7 Å². The number of fused-ring (bicyclic) bond motifs is 2. The molecule has 5 N–H and O–H groups in total. The van der Waals surface area contributed by atoms with Gasteiger partial charge in [0.05, 0.1) is 32.4 Å². The number of rotatable bonds is 18. The Hall–Kier alpha value is -4.66. The molecule has 16 nitrogen and oxygen atoms in total. The fraction of sp³-hybridized carbons (Fsp3) is 0.395. The summed E-state index contributed by atoms with van der Waals surface area (Å²) in [6.07, 6.45) is 10.6. The van der Waals surface area contributed by atoms with E-state index in [-0.39, 0.29) is 22.6 Å². The first kappa shape index (κ1) is 43.5. The van der Waals surface area contributed by atoms with Crippen LogP contribution < -0.4 is 4.84 Å². The van der Waals surface area contributed by atoms with Crippen LogP contribution in [0.1, 0.15) is 83.3 Å². The lowest BCUT2D eigenvalue weighted by Gasteiger charge is -2.27. The van der Waals surface area contributed by atoms with Crippen molar-refractivity contribution in [1.82, 2.24) is 4.73 Å². The number of aliphatic imine (C=N–C) groups is 1. The van der Waals surface area contributed by atoms with Crippen molar-refractivity contribution in [2.45, 2.75) is 92.8 Å². The van der Waals surface area contributed by atoms with E-state index in [1.54, 1.807) is 6.07 Å². The first-order valence-corrected chi connectivity index (χ1v) is 22.6. The molecule has 0 spiro atoms. The summed E-state index contributed by atoms with van der Waals surface area (Å²) in [7, 11) is -13.1. The van der Waals surface area contributed by atoms with Crippen LogP contribution in [0.3, 0.4) is 0 Å². The summed E-state index contributed by atoms with van der Waals surface area (Å²) < 4.78 is 102. The molecule has 1 unspecified atom stereocenters. The molecule has 2 aliphatic heterocycles. The monoisotopic (exact) mass is 848 g/mol. The maximum Gasteiger partial charge on any atom is 0.333 e. The van der Waals surface area contributed by atoms with Crippen molar-refractivity contribution in [2.24, 2.45) is 4.99 Å². The van der Waals surface area contributed by atoms with Crippen LogP contribution in [0, 0.1) is 0 Å². The van der Waals surface area contributed by atoms with Gasteiger partial charge in [0, 0.05) is 48.1 Å². The molecule has 3 heterocycles. The Labute approximate surface area is 331 Å². The summed E-state index contributed by atoms with van der Waals surface area (Å²) in [5.41, 5.74) is 2.46. The van der Waals surface area contributed by atoms with Gasteiger partial charge in [-0.3, -0.25) is 18.7 Å². The van der Waals surface area contributed by atoms with Gasteiger partial charge < -0.3 is 15.1 Å². The van der Waals surface area contributed by atoms with Crippen LogP contribution in [0.2, 0.25) is 0 Å². The molecule has 5 rings (SSSR count). The van der Waals surface area contributed by atoms with Gasteiger partial charge in [0.2, 0.25) is 17.4 Å². The molecule has 1 atom stereocenters. The molecule has 0 bridgehead atoms. The summed E-state index contributed by atoms with van der Waals surface area (Å²) in [6, 6.07) is 10.9. The van der Waals surface area contributed by atoms with Crippen LogP contribution >= 0.6 is 0 Å². The molecule has 0 saturated heterocycles. The molecule has 2 aromatic carbocycles. The number of aromatic nitrogens is 1. The van der Waals surface area contributed by atoms with Gasteiger partial charge in [0.1, 0.15) is 6.54 Å². The molecule has 0 saturated carbocycles. The lowest BCUT2D eigenvalue weighted by Crippen LogP contribution is -2.28. The molecule has 0 radical (unpaired) electrons. The second-order valence-corrected chi connectivity index (χ2v) is 19.1. The summed E-state index contributed by atoms with van der Waals surface area (Å²) >= 11 is 0. The van der Waals surface area contributed by atoms with Gasteiger partial charge in [-0.2, -0.15) is 29.8 Å². The number of unbranched alkanes of at least 4 members (excludes halogenated alkanes) is 3. The molecule has 308 valence electrons. The van der Waals surface area contributed by atoms with Gasteiger partial charge in [-0.25, -0.2) is 4.79 Å². The summed E-state index contributed by atoms with van der Waals surface area (Å²) in [4.78, 5) is 21.6. The number of carbonyl (C=O) groups excluding carboxylic acids is 1. The van der Waals surface area contributed by atoms with Gasteiger partial charge in [-0.15, -0.1) is 4.73 Å². The van der Waals surface area contributed by atoms with Crippen molar-refractivity contribution in [3.63, 3.8) is 0 Å². The van der Waals surface area contributed by atoms with Gasteiger partial charge in [0.15, 0.2) is 5.71 Å². The third kappa shape index (κ3) is 10.1. The zero-order chi connectivity index (χ0) is 42.0. The van der Waals surface area contributed by atoms with E-state index >= 15 is 0 Å².